The summed E-state index contributed by atoms with van der Waals surface area (Å²) in [6.45, 7) is 3.32. The van der Waals surface area contributed by atoms with E-state index < -0.39 is 16.4 Å². The van der Waals surface area contributed by atoms with Gasteiger partial charge in [0.1, 0.15) is 10.5 Å². The Bertz CT molecular complexity index is 740. The molecule has 7 nitrogen and oxygen atoms in total. The van der Waals surface area contributed by atoms with Crippen LogP contribution in [0, 0.1) is 0 Å². The van der Waals surface area contributed by atoms with Crippen molar-refractivity contribution in [2.45, 2.75) is 98.8 Å². The molecule has 2 amide bonds. The number of aliphatic carboxylic acids is 1. The van der Waals surface area contributed by atoms with E-state index in [0.29, 0.717) is 5.13 Å². The molecule has 0 spiro atoms. The molecule has 0 bridgehead atoms. The first-order chi connectivity index (χ1) is 14.3. The average Bonchev–Trinajstić information content (AvgIpc) is 3.15. The molecule has 2 saturated carbocycles. The lowest BCUT2D eigenvalue weighted by Crippen LogP contribution is -2.60. The summed E-state index contributed by atoms with van der Waals surface area (Å²) >= 11 is 2.55. The number of carboxylic acids is 1. The van der Waals surface area contributed by atoms with Gasteiger partial charge in [0.15, 0.2) is 5.13 Å². The summed E-state index contributed by atoms with van der Waals surface area (Å²) in [5.41, 5.74) is -0.551. The van der Waals surface area contributed by atoms with Crippen molar-refractivity contribution in [1.82, 2.24) is 9.88 Å². The van der Waals surface area contributed by atoms with Crippen LogP contribution in [-0.4, -0.2) is 50.6 Å². The molecule has 3 rings (SSSR count). The van der Waals surface area contributed by atoms with Crippen molar-refractivity contribution in [3.8, 4) is 0 Å². The second-order valence-corrected chi connectivity index (χ2v) is 11.7. The molecule has 0 saturated heterocycles. The van der Waals surface area contributed by atoms with Gasteiger partial charge in [-0.15, -0.1) is 0 Å². The lowest BCUT2D eigenvalue weighted by atomic mass is 9.86. The number of nitrogens with zero attached hydrogens (tertiary/aromatic N) is 2. The zero-order valence-electron chi connectivity index (χ0n) is 18.1. The molecule has 2 aliphatic carbocycles. The zero-order chi connectivity index (χ0) is 21.8. The van der Waals surface area contributed by atoms with E-state index >= 15 is 0 Å². The van der Waals surface area contributed by atoms with Crippen LogP contribution in [0.3, 0.4) is 0 Å². The number of methoxy groups -OCH3 is 1. The highest BCUT2D eigenvalue weighted by molar-refractivity contribution is 8.03. The van der Waals surface area contributed by atoms with E-state index in [2.05, 4.69) is 10.3 Å². The quantitative estimate of drug-likeness (QED) is 0.412. The predicted octanol–water partition coefficient (Wildman–Crippen LogP) is 5.57. The second-order valence-electron chi connectivity index (χ2n) is 8.70. The van der Waals surface area contributed by atoms with Gasteiger partial charge in [0.25, 0.3) is 0 Å². The number of ether oxygens (including phenoxy) is 1. The lowest BCUT2D eigenvalue weighted by molar-refractivity contribution is -0.150. The van der Waals surface area contributed by atoms with E-state index in [0.717, 1.165) is 55.6 Å². The standard InChI is InChI=1S/C21H33N3O4S2/c1-20(2,17(25)26)30-16-14-22-18(29-16)23-19(27)24(15-10-6-4-7-11-15)21(28-3)12-8-5-9-13-21/h14-15H,4-13H2,1-3H3,(H,25,26)(H,22,23,27). The average molecular weight is 456 g/mol. The highest BCUT2D eigenvalue weighted by Gasteiger charge is 2.45. The summed E-state index contributed by atoms with van der Waals surface area (Å²) in [7, 11) is 1.72. The highest BCUT2D eigenvalue weighted by Crippen LogP contribution is 2.40. The number of aromatic nitrogens is 1. The molecule has 2 aliphatic rings. The molecule has 30 heavy (non-hydrogen) atoms. The van der Waals surface area contributed by atoms with Crippen LogP contribution < -0.4 is 5.32 Å². The zero-order valence-corrected chi connectivity index (χ0v) is 19.7. The SMILES string of the molecule is COC1(N(C(=O)Nc2ncc(SC(C)(C)C(=O)O)s2)C2CCCCC2)CCCCC1. The Hall–Kier alpha value is -1.32. The van der Waals surface area contributed by atoms with Gasteiger partial charge in [-0.3, -0.25) is 15.0 Å². The van der Waals surface area contributed by atoms with E-state index in [1.54, 1.807) is 27.2 Å². The maximum Gasteiger partial charge on any atom is 0.326 e. The largest absolute Gasteiger partial charge is 0.480 e. The molecular weight excluding hydrogens is 422 g/mol. The van der Waals surface area contributed by atoms with Crippen LogP contribution in [0.5, 0.6) is 0 Å². The molecule has 0 unspecified atom stereocenters. The molecule has 0 aromatic carbocycles. The summed E-state index contributed by atoms with van der Waals surface area (Å²) in [5, 5.41) is 12.8. The number of urea groups is 1. The number of anilines is 1. The number of amides is 2. The number of thioether (sulfide) groups is 1. The molecular formula is C21H33N3O4S2. The number of thiazole rings is 1. The summed E-state index contributed by atoms with van der Waals surface area (Å²) in [6, 6.07) is 0.0191. The third-order valence-electron chi connectivity index (χ3n) is 6.18. The first kappa shape index (κ1) is 23.3. The number of rotatable bonds is 7. The monoisotopic (exact) mass is 455 g/mol. The molecule has 0 radical (unpaired) electrons. The van der Waals surface area contributed by atoms with Crippen molar-refractivity contribution in [2.75, 3.05) is 12.4 Å². The fraction of sp³-hybridized carbons (Fsp3) is 0.762. The molecule has 2 fully saturated rings. The van der Waals surface area contributed by atoms with Crippen LogP contribution in [-0.2, 0) is 9.53 Å². The van der Waals surface area contributed by atoms with E-state index in [1.165, 1.54) is 35.9 Å². The number of nitrogens with one attached hydrogen (secondary N) is 1. The van der Waals surface area contributed by atoms with Crippen molar-refractivity contribution in [1.29, 1.82) is 0 Å². The van der Waals surface area contributed by atoms with Crippen LogP contribution in [0.1, 0.15) is 78.1 Å². The lowest BCUT2D eigenvalue weighted by Gasteiger charge is -2.49. The Kier molecular flexibility index (Phi) is 7.68. The van der Waals surface area contributed by atoms with Gasteiger partial charge >= 0.3 is 12.0 Å². The Balaban J connectivity index is 1.77. The number of carboxylic acid groups (broad SMARTS) is 1. The minimum atomic E-state index is -0.954. The molecule has 1 aromatic heterocycles. The smallest absolute Gasteiger partial charge is 0.326 e. The fourth-order valence-corrected chi connectivity index (χ4v) is 6.75. The number of carbonyl (C=O) groups excluding carboxylic acids is 1. The minimum absolute atomic E-state index is 0.158. The van der Waals surface area contributed by atoms with Crippen LogP contribution in [0.4, 0.5) is 9.93 Å². The van der Waals surface area contributed by atoms with Crippen molar-refractivity contribution < 1.29 is 19.4 Å². The number of hydrogen-bond donors (Lipinski definition) is 2. The van der Waals surface area contributed by atoms with E-state index in [9.17, 15) is 14.7 Å². The van der Waals surface area contributed by atoms with Gasteiger partial charge < -0.3 is 9.84 Å². The van der Waals surface area contributed by atoms with Gasteiger partial charge in [-0.05, 0) is 52.4 Å². The predicted molar refractivity (Wildman–Crippen MR) is 120 cm³/mol. The first-order valence-electron chi connectivity index (χ1n) is 10.8. The van der Waals surface area contributed by atoms with Crippen LogP contribution in [0.25, 0.3) is 0 Å². The van der Waals surface area contributed by atoms with Gasteiger partial charge in [-0.25, -0.2) is 9.78 Å². The molecule has 0 aliphatic heterocycles. The van der Waals surface area contributed by atoms with E-state index in [1.807, 2.05) is 4.90 Å². The van der Waals surface area contributed by atoms with Crippen molar-refractivity contribution >= 4 is 40.2 Å². The molecule has 0 atom stereocenters. The Morgan fingerprint density at radius 3 is 2.47 bits per heavy atom. The van der Waals surface area contributed by atoms with Crippen molar-refractivity contribution in [3.63, 3.8) is 0 Å². The fourth-order valence-electron chi connectivity index (χ4n) is 4.48. The summed E-state index contributed by atoms with van der Waals surface area (Å²) in [4.78, 5) is 31.2. The molecule has 1 heterocycles. The third kappa shape index (κ3) is 5.29. The molecule has 9 heteroatoms. The number of carbonyl (C=O) groups is 2. The topological polar surface area (TPSA) is 91.8 Å². The maximum absolute atomic E-state index is 13.5. The number of hydrogen-bond acceptors (Lipinski definition) is 6. The van der Waals surface area contributed by atoms with Crippen LogP contribution >= 0.6 is 23.1 Å². The second kappa shape index (κ2) is 9.87. The first-order valence-corrected chi connectivity index (χ1v) is 12.4. The highest BCUT2D eigenvalue weighted by atomic mass is 32.2. The van der Waals surface area contributed by atoms with Crippen LogP contribution in [0.2, 0.25) is 0 Å². The van der Waals surface area contributed by atoms with E-state index in [4.69, 9.17) is 4.74 Å². The van der Waals surface area contributed by atoms with Crippen LogP contribution in [0.15, 0.2) is 10.4 Å². The van der Waals surface area contributed by atoms with Crippen molar-refractivity contribution in [2.24, 2.45) is 0 Å². The minimum Gasteiger partial charge on any atom is -0.480 e. The third-order valence-corrected chi connectivity index (χ3v) is 8.38. The summed E-state index contributed by atoms with van der Waals surface area (Å²) in [6.07, 6.45) is 12.2. The normalized spacial score (nSPS) is 20.0. The van der Waals surface area contributed by atoms with Gasteiger partial charge in [-0.1, -0.05) is 48.8 Å². The Morgan fingerprint density at radius 1 is 1.23 bits per heavy atom. The summed E-state index contributed by atoms with van der Waals surface area (Å²) < 4.78 is 5.84. The Labute approximate surface area is 187 Å². The molecule has 1 aromatic rings. The summed E-state index contributed by atoms with van der Waals surface area (Å²) in [5.74, 6) is -0.880. The van der Waals surface area contributed by atoms with E-state index in [-0.39, 0.29) is 12.1 Å². The van der Waals surface area contributed by atoms with Gasteiger partial charge in [0, 0.05) is 13.2 Å². The molecule has 168 valence electrons. The molecule has 2 N–H and O–H groups in total. The van der Waals surface area contributed by atoms with Gasteiger partial charge in [0.2, 0.25) is 0 Å². The van der Waals surface area contributed by atoms with Gasteiger partial charge in [0.05, 0.1) is 10.4 Å². The maximum atomic E-state index is 13.5. The Morgan fingerprint density at radius 2 is 1.87 bits per heavy atom. The van der Waals surface area contributed by atoms with Gasteiger partial charge in [-0.2, -0.15) is 0 Å². The van der Waals surface area contributed by atoms with Crippen molar-refractivity contribution in [3.05, 3.63) is 6.20 Å².